The first kappa shape index (κ1) is 17.0. The SMILES string of the molecule is CCC[C@@H](C)N1C(N)=Nc2c(nc(OC)n2C2CCCCO2)C1N. The van der Waals surface area contributed by atoms with Gasteiger partial charge in [0.15, 0.2) is 11.8 Å². The van der Waals surface area contributed by atoms with Gasteiger partial charge in [0.25, 0.3) is 6.01 Å². The number of imidazole rings is 1. The van der Waals surface area contributed by atoms with Crippen LogP contribution in [-0.4, -0.2) is 40.2 Å². The number of fused-ring (bicyclic) bond motifs is 1. The maximum Gasteiger partial charge on any atom is 0.300 e. The van der Waals surface area contributed by atoms with E-state index in [-0.39, 0.29) is 12.3 Å². The highest BCUT2D eigenvalue weighted by Crippen LogP contribution is 2.40. The van der Waals surface area contributed by atoms with Crippen LogP contribution in [0, 0.1) is 0 Å². The zero-order valence-electron chi connectivity index (χ0n) is 14.7. The summed E-state index contributed by atoms with van der Waals surface area (Å²) in [6, 6.07) is 0.674. The van der Waals surface area contributed by atoms with Crippen LogP contribution in [0.25, 0.3) is 0 Å². The minimum absolute atomic E-state index is 0.131. The van der Waals surface area contributed by atoms with Crippen molar-refractivity contribution in [2.45, 2.75) is 64.4 Å². The van der Waals surface area contributed by atoms with Gasteiger partial charge in [-0.15, -0.1) is 0 Å². The molecule has 3 atom stereocenters. The third kappa shape index (κ3) is 2.84. The van der Waals surface area contributed by atoms with Crippen LogP contribution in [0.15, 0.2) is 4.99 Å². The summed E-state index contributed by atoms with van der Waals surface area (Å²) in [7, 11) is 1.60. The molecule has 1 fully saturated rings. The molecule has 0 amide bonds. The van der Waals surface area contributed by atoms with E-state index in [1.165, 1.54) is 0 Å². The monoisotopic (exact) mass is 336 g/mol. The van der Waals surface area contributed by atoms with Crippen LogP contribution in [0.5, 0.6) is 6.01 Å². The normalized spacial score (nSPS) is 25.2. The Morgan fingerprint density at radius 2 is 2.21 bits per heavy atom. The maximum atomic E-state index is 6.47. The van der Waals surface area contributed by atoms with E-state index in [4.69, 9.17) is 20.9 Å². The van der Waals surface area contributed by atoms with Crippen LogP contribution in [0.3, 0.4) is 0 Å². The van der Waals surface area contributed by atoms with Crippen LogP contribution in [-0.2, 0) is 4.74 Å². The molecule has 8 nitrogen and oxygen atoms in total. The first-order valence-corrected chi connectivity index (χ1v) is 8.74. The van der Waals surface area contributed by atoms with Gasteiger partial charge in [0.1, 0.15) is 18.1 Å². The van der Waals surface area contributed by atoms with Crippen LogP contribution < -0.4 is 16.2 Å². The highest BCUT2D eigenvalue weighted by molar-refractivity contribution is 5.83. The lowest BCUT2D eigenvalue weighted by atomic mass is 10.1. The molecule has 2 aliphatic heterocycles. The summed E-state index contributed by atoms with van der Waals surface area (Å²) in [4.78, 5) is 11.1. The molecule has 2 unspecified atom stereocenters. The molecular weight excluding hydrogens is 308 g/mol. The van der Waals surface area contributed by atoms with Crippen LogP contribution in [0.2, 0.25) is 0 Å². The molecule has 8 heteroatoms. The Bertz CT molecular complexity index is 608. The van der Waals surface area contributed by atoms with Crippen molar-refractivity contribution < 1.29 is 9.47 Å². The zero-order chi connectivity index (χ0) is 17.3. The predicted octanol–water partition coefficient (Wildman–Crippen LogP) is 2.00. The second kappa shape index (κ2) is 6.98. The number of ether oxygens (including phenoxy) is 2. The van der Waals surface area contributed by atoms with Gasteiger partial charge >= 0.3 is 0 Å². The smallest absolute Gasteiger partial charge is 0.300 e. The fourth-order valence-electron chi connectivity index (χ4n) is 3.56. The molecule has 24 heavy (non-hydrogen) atoms. The van der Waals surface area contributed by atoms with E-state index in [1.807, 2.05) is 9.47 Å². The molecule has 0 spiro atoms. The quantitative estimate of drug-likeness (QED) is 0.852. The Hall–Kier alpha value is -1.80. The van der Waals surface area contributed by atoms with E-state index < -0.39 is 6.17 Å². The molecule has 0 saturated carbocycles. The highest BCUT2D eigenvalue weighted by Gasteiger charge is 2.36. The van der Waals surface area contributed by atoms with Gasteiger partial charge < -0.3 is 25.8 Å². The van der Waals surface area contributed by atoms with Gasteiger partial charge in [-0.2, -0.15) is 9.98 Å². The molecule has 0 aliphatic carbocycles. The third-order valence-electron chi connectivity index (χ3n) is 4.75. The number of nitrogens with two attached hydrogens (primary N) is 2. The van der Waals surface area contributed by atoms with Crippen molar-refractivity contribution in [2.75, 3.05) is 13.7 Å². The van der Waals surface area contributed by atoms with Crippen LogP contribution >= 0.6 is 0 Å². The van der Waals surface area contributed by atoms with E-state index in [9.17, 15) is 0 Å². The topological polar surface area (TPSA) is 104 Å². The second-order valence-electron chi connectivity index (χ2n) is 6.46. The second-order valence-corrected chi connectivity index (χ2v) is 6.46. The van der Waals surface area contributed by atoms with Crippen molar-refractivity contribution >= 4 is 11.8 Å². The number of aromatic nitrogens is 2. The summed E-state index contributed by atoms with van der Waals surface area (Å²) in [5.41, 5.74) is 13.4. The minimum Gasteiger partial charge on any atom is -0.468 e. The average molecular weight is 336 g/mol. The zero-order valence-corrected chi connectivity index (χ0v) is 14.7. The molecule has 0 bridgehead atoms. The molecule has 1 aromatic rings. The first-order valence-electron chi connectivity index (χ1n) is 8.74. The summed E-state index contributed by atoms with van der Waals surface area (Å²) in [6.07, 6.45) is 4.56. The summed E-state index contributed by atoms with van der Waals surface area (Å²) < 4.78 is 13.3. The number of rotatable bonds is 5. The Labute approximate surface area is 142 Å². The Kier molecular flexibility index (Phi) is 4.96. The lowest BCUT2D eigenvalue weighted by molar-refractivity contribution is -0.0347. The molecule has 1 aromatic heterocycles. The van der Waals surface area contributed by atoms with Crippen LogP contribution in [0.1, 0.15) is 64.0 Å². The van der Waals surface area contributed by atoms with E-state index >= 15 is 0 Å². The fourth-order valence-corrected chi connectivity index (χ4v) is 3.56. The molecule has 1 saturated heterocycles. The van der Waals surface area contributed by atoms with Crippen molar-refractivity contribution in [3.05, 3.63) is 5.69 Å². The molecule has 0 aromatic carbocycles. The number of methoxy groups -OCH3 is 1. The molecular formula is C16H28N6O2. The molecule has 134 valence electrons. The summed E-state index contributed by atoms with van der Waals surface area (Å²) in [5, 5.41) is 0. The lowest BCUT2D eigenvalue weighted by Gasteiger charge is -2.37. The van der Waals surface area contributed by atoms with Gasteiger partial charge in [-0.1, -0.05) is 13.3 Å². The number of hydrogen-bond acceptors (Lipinski definition) is 7. The van der Waals surface area contributed by atoms with Crippen molar-refractivity contribution in [3.8, 4) is 6.01 Å². The maximum absolute atomic E-state index is 6.47. The van der Waals surface area contributed by atoms with Gasteiger partial charge in [0, 0.05) is 12.6 Å². The Morgan fingerprint density at radius 3 is 2.83 bits per heavy atom. The standard InChI is InChI=1S/C16H28N6O2/c1-4-7-10(2)21-13(17)12-14(20-15(21)18)22(16(19-12)23-3)11-8-5-6-9-24-11/h10-11,13H,4-9,17H2,1-3H3,(H2,18,20)/t10-,11?,13?/m1/s1. The average Bonchev–Trinajstić information content (AvgIpc) is 2.94. The molecule has 4 N–H and O–H groups in total. The summed E-state index contributed by atoms with van der Waals surface area (Å²) in [6.45, 7) is 4.98. The number of guanidine groups is 1. The van der Waals surface area contributed by atoms with Gasteiger partial charge in [0.2, 0.25) is 0 Å². The highest BCUT2D eigenvalue weighted by atomic mass is 16.5. The number of nitrogens with zero attached hydrogens (tertiary/aromatic N) is 4. The van der Waals surface area contributed by atoms with Crippen molar-refractivity contribution in [1.29, 1.82) is 0 Å². The third-order valence-corrected chi connectivity index (χ3v) is 4.75. The van der Waals surface area contributed by atoms with Crippen molar-refractivity contribution in [1.82, 2.24) is 14.5 Å². The van der Waals surface area contributed by atoms with Crippen molar-refractivity contribution in [2.24, 2.45) is 16.5 Å². The predicted molar refractivity (Wildman–Crippen MR) is 92.0 cm³/mol. The summed E-state index contributed by atoms with van der Waals surface area (Å²) >= 11 is 0. The van der Waals surface area contributed by atoms with E-state index in [0.717, 1.165) is 38.7 Å². The van der Waals surface area contributed by atoms with Crippen LogP contribution in [0.4, 0.5) is 5.82 Å². The molecule has 3 heterocycles. The fraction of sp³-hybridized carbons (Fsp3) is 0.750. The first-order chi connectivity index (χ1) is 11.6. The van der Waals surface area contributed by atoms with Gasteiger partial charge in [0.05, 0.1) is 7.11 Å². The van der Waals surface area contributed by atoms with Crippen molar-refractivity contribution in [3.63, 3.8) is 0 Å². The lowest BCUT2D eigenvalue weighted by Crippen LogP contribution is -2.50. The Balaban J connectivity index is 2.00. The number of hydrogen-bond donors (Lipinski definition) is 2. The largest absolute Gasteiger partial charge is 0.468 e. The Morgan fingerprint density at radius 1 is 1.42 bits per heavy atom. The summed E-state index contributed by atoms with van der Waals surface area (Å²) in [5.74, 6) is 1.08. The minimum atomic E-state index is -0.433. The van der Waals surface area contributed by atoms with E-state index in [0.29, 0.717) is 23.5 Å². The van der Waals surface area contributed by atoms with Gasteiger partial charge in [-0.25, -0.2) is 0 Å². The van der Waals surface area contributed by atoms with E-state index in [2.05, 4.69) is 23.8 Å². The molecule has 3 rings (SSSR count). The van der Waals surface area contributed by atoms with E-state index in [1.54, 1.807) is 7.11 Å². The molecule has 0 radical (unpaired) electrons. The molecule has 2 aliphatic rings. The van der Waals surface area contributed by atoms with Gasteiger partial charge in [-0.05, 0) is 32.6 Å². The van der Waals surface area contributed by atoms with Gasteiger partial charge in [-0.3, -0.25) is 4.57 Å². The number of aliphatic imine (C=N–C) groups is 1.